The van der Waals surface area contributed by atoms with Gasteiger partial charge in [-0.1, -0.05) is 12.1 Å². The van der Waals surface area contributed by atoms with Gasteiger partial charge < -0.3 is 19.6 Å². The van der Waals surface area contributed by atoms with Crippen LogP contribution >= 0.6 is 0 Å². The third kappa shape index (κ3) is 5.59. The molecule has 0 bridgehead atoms. The highest BCUT2D eigenvalue weighted by Crippen LogP contribution is 2.41. The molecule has 37 heavy (non-hydrogen) atoms. The van der Waals surface area contributed by atoms with Crippen LogP contribution in [-0.4, -0.2) is 17.6 Å². The molecule has 0 amide bonds. The van der Waals surface area contributed by atoms with Gasteiger partial charge in [-0.05, 0) is 49.2 Å². The summed E-state index contributed by atoms with van der Waals surface area (Å²) in [5, 5.41) is -0.231. The number of hydrogen-bond acceptors (Lipinski definition) is 6. The Morgan fingerprint density at radius 3 is 2.62 bits per heavy atom. The molecule has 4 rings (SSSR count). The van der Waals surface area contributed by atoms with Crippen LogP contribution < -0.4 is 10.5 Å². The van der Waals surface area contributed by atoms with Gasteiger partial charge in [0.15, 0.2) is 5.82 Å². The van der Waals surface area contributed by atoms with Crippen LogP contribution in [0, 0.1) is 12.7 Å². The summed E-state index contributed by atoms with van der Waals surface area (Å²) in [4.78, 5) is 15.9. The molecule has 10 heteroatoms. The fraction of sp³-hybridized carbons (Fsp3) is 0.259. The molecule has 0 fully saturated rings. The fourth-order valence-electron chi connectivity index (χ4n) is 4.01. The third-order valence-corrected chi connectivity index (χ3v) is 5.74. The summed E-state index contributed by atoms with van der Waals surface area (Å²) in [6.07, 6.45) is -2.78. The minimum Gasteiger partial charge on any atom is -0.489 e. The number of fused-ring (bicyclic) bond motifs is 1. The van der Waals surface area contributed by atoms with Crippen LogP contribution in [-0.2, 0) is 35.3 Å². The smallest absolute Gasteiger partial charge is 0.420 e. The van der Waals surface area contributed by atoms with Gasteiger partial charge in [-0.25, -0.2) is 4.39 Å². The molecule has 2 N–H and O–H groups in total. The molecule has 6 nitrogen and oxygen atoms in total. The average Bonchev–Trinajstić information content (AvgIpc) is 3.29. The van der Waals surface area contributed by atoms with E-state index in [9.17, 15) is 18.0 Å². The number of nitrogens with zero attached hydrogens (tertiary/aromatic N) is 1. The van der Waals surface area contributed by atoms with Crippen molar-refractivity contribution in [3.8, 4) is 16.9 Å². The Morgan fingerprint density at radius 2 is 1.92 bits per heavy atom. The Bertz CT molecular complexity index is 1450. The quantitative estimate of drug-likeness (QED) is 0.225. The monoisotopic (exact) mass is 516 g/mol. The van der Waals surface area contributed by atoms with Gasteiger partial charge in [-0.3, -0.25) is 9.78 Å². The number of alkyl halides is 3. The molecular weight excluding hydrogens is 492 g/mol. The van der Waals surface area contributed by atoms with Crippen LogP contribution in [0.15, 0.2) is 53.3 Å². The number of aromatic nitrogens is 1. The van der Waals surface area contributed by atoms with Gasteiger partial charge in [0.2, 0.25) is 0 Å². The predicted molar refractivity (Wildman–Crippen MR) is 128 cm³/mol. The van der Waals surface area contributed by atoms with Crippen molar-refractivity contribution in [3.05, 3.63) is 82.6 Å². The lowest BCUT2D eigenvalue weighted by Gasteiger charge is -2.14. The van der Waals surface area contributed by atoms with E-state index in [0.29, 0.717) is 23.1 Å². The van der Waals surface area contributed by atoms with Crippen molar-refractivity contribution in [3.63, 3.8) is 0 Å². The zero-order valence-corrected chi connectivity index (χ0v) is 20.1. The molecule has 0 aliphatic rings. The second kappa shape index (κ2) is 10.6. The maximum Gasteiger partial charge on any atom is 0.420 e. The van der Waals surface area contributed by atoms with E-state index in [1.807, 2.05) is 13.0 Å². The van der Waals surface area contributed by atoms with Crippen molar-refractivity contribution < 1.29 is 36.2 Å². The van der Waals surface area contributed by atoms with Crippen molar-refractivity contribution in [2.24, 2.45) is 5.73 Å². The van der Waals surface area contributed by atoms with E-state index in [2.05, 4.69) is 4.98 Å². The van der Waals surface area contributed by atoms with Crippen LogP contribution in [0.5, 0.6) is 5.75 Å². The number of hydrogen-bond donors (Lipinski definition) is 1. The van der Waals surface area contributed by atoms with E-state index < -0.39 is 23.5 Å². The van der Waals surface area contributed by atoms with E-state index in [-0.39, 0.29) is 54.0 Å². The minimum absolute atomic E-state index is 0.00364. The van der Waals surface area contributed by atoms with E-state index in [1.54, 1.807) is 19.1 Å². The highest BCUT2D eigenvalue weighted by atomic mass is 19.4. The van der Waals surface area contributed by atoms with E-state index in [4.69, 9.17) is 19.6 Å². The number of carbonyl (C=O) groups excluding carboxylic acids is 1. The average molecular weight is 516 g/mol. The molecule has 0 saturated heterocycles. The van der Waals surface area contributed by atoms with Crippen molar-refractivity contribution >= 4 is 16.9 Å². The maximum atomic E-state index is 15.1. The highest BCUT2D eigenvalue weighted by Gasteiger charge is 2.35. The molecule has 0 atom stereocenters. The molecule has 0 aliphatic heterocycles. The molecule has 0 unspecified atom stereocenters. The van der Waals surface area contributed by atoms with E-state index in [0.717, 1.165) is 5.56 Å². The summed E-state index contributed by atoms with van der Waals surface area (Å²) in [6.45, 7) is 3.43. The normalized spacial score (nSPS) is 11.6. The SMILES string of the molecule is CCOC(=O)Cc1ccc(C)cc1OCc1cc(-c2ccnc(CN)c2F)c2occ(C(F)(F)F)c2c1. The van der Waals surface area contributed by atoms with Crippen molar-refractivity contribution in [2.45, 2.75) is 39.6 Å². The van der Waals surface area contributed by atoms with Crippen LogP contribution in [0.2, 0.25) is 0 Å². The molecule has 2 aromatic carbocycles. The number of nitrogens with two attached hydrogens (primary N) is 1. The lowest BCUT2D eigenvalue weighted by atomic mass is 9.98. The molecule has 0 saturated carbocycles. The standard InChI is InChI=1S/C27H24F4N2O4/c1-3-35-24(34)11-17-5-4-15(2)8-23(17)36-13-16-9-19(18-6-7-33-22(12-32)25(18)28)26-20(10-16)21(14-37-26)27(29,30)31/h4-10,14H,3,11-13,32H2,1-2H3. The Hall–Kier alpha value is -3.92. The number of furan rings is 1. The lowest BCUT2D eigenvalue weighted by Crippen LogP contribution is -2.09. The Morgan fingerprint density at radius 1 is 1.14 bits per heavy atom. The van der Waals surface area contributed by atoms with Crippen LogP contribution in [0.3, 0.4) is 0 Å². The first kappa shape index (κ1) is 26.2. The van der Waals surface area contributed by atoms with Gasteiger partial charge >= 0.3 is 12.1 Å². The van der Waals surface area contributed by atoms with Gasteiger partial charge in [-0.2, -0.15) is 13.2 Å². The molecule has 2 aromatic heterocycles. The number of benzene rings is 2. The van der Waals surface area contributed by atoms with Gasteiger partial charge in [0.25, 0.3) is 0 Å². The Labute approximate surface area is 210 Å². The lowest BCUT2D eigenvalue weighted by molar-refractivity contribution is -0.142. The summed E-state index contributed by atoms with van der Waals surface area (Å²) in [5.74, 6) is -0.792. The maximum absolute atomic E-state index is 15.1. The topological polar surface area (TPSA) is 87.6 Å². The van der Waals surface area contributed by atoms with Crippen LogP contribution in [0.25, 0.3) is 22.1 Å². The number of esters is 1. The number of ether oxygens (including phenoxy) is 2. The first-order valence-corrected chi connectivity index (χ1v) is 11.5. The summed E-state index contributed by atoms with van der Waals surface area (Å²) in [6, 6.07) is 9.42. The number of aryl methyl sites for hydroxylation is 1. The van der Waals surface area contributed by atoms with Crippen molar-refractivity contribution in [1.82, 2.24) is 4.98 Å². The van der Waals surface area contributed by atoms with Gasteiger partial charge in [-0.15, -0.1) is 0 Å². The number of rotatable bonds is 8. The molecule has 194 valence electrons. The molecule has 2 heterocycles. The van der Waals surface area contributed by atoms with Crippen molar-refractivity contribution in [2.75, 3.05) is 6.61 Å². The third-order valence-electron chi connectivity index (χ3n) is 5.74. The zero-order chi connectivity index (χ0) is 26.7. The highest BCUT2D eigenvalue weighted by molar-refractivity contribution is 5.95. The van der Waals surface area contributed by atoms with E-state index >= 15 is 4.39 Å². The molecule has 4 aromatic rings. The van der Waals surface area contributed by atoms with Gasteiger partial charge in [0, 0.05) is 34.8 Å². The van der Waals surface area contributed by atoms with Gasteiger partial charge in [0.1, 0.15) is 29.8 Å². The largest absolute Gasteiger partial charge is 0.489 e. The summed E-state index contributed by atoms with van der Waals surface area (Å²) in [5.41, 5.74) is 6.30. The molecule has 0 radical (unpaired) electrons. The summed E-state index contributed by atoms with van der Waals surface area (Å²) >= 11 is 0. The Kier molecular flexibility index (Phi) is 7.49. The van der Waals surface area contributed by atoms with Crippen LogP contribution in [0.1, 0.15) is 34.9 Å². The van der Waals surface area contributed by atoms with E-state index in [1.165, 1.54) is 24.4 Å². The summed E-state index contributed by atoms with van der Waals surface area (Å²) < 4.78 is 72.5. The van der Waals surface area contributed by atoms with Crippen LogP contribution in [0.4, 0.5) is 17.6 Å². The fourth-order valence-corrected chi connectivity index (χ4v) is 4.01. The first-order valence-electron chi connectivity index (χ1n) is 11.5. The zero-order valence-electron chi connectivity index (χ0n) is 20.1. The first-order chi connectivity index (χ1) is 17.6. The number of pyridine rings is 1. The molecule has 0 spiro atoms. The molecule has 0 aliphatic carbocycles. The number of carbonyl (C=O) groups is 1. The summed E-state index contributed by atoms with van der Waals surface area (Å²) in [7, 11) is 0. The Balaban J connectivity index is 1.78. The second-order valence-corrected chi connectivity index (χ2v) is 8.37. The van der Waals surface area contributed by atoms with Gasteiger partial charge in [0.05, 0.1) is 18.7 Å². The number of halogens is 4. The predicted octanol–water partition coefficient (Wildman–Crippen LogP) is 6.10. The molecular formula is C27H24F4N2O4. The van der Waals surface area contributed by atoms with Crippen molar-refractivity contribution in [1.29, 1.82) is 0 Å². The minimum atomic E-state index is -4.69. The second-order valence-electron chi connectivity index (χ2n) is 8.37.